The standard InChI is InChI=1S/C15H15ClN2O2S.C14H13ClN2O2S.C13H11ClN2O2S.C13H11ClN2OS.C12H9ClN2OS/c1-8-13-15(21-14(8)9(2)19)11(6-12(16)18-13)17-7-10-4-3-5-20-10;1-8(18)12-5-11-14(20-12)10(6-13(15)17-11)16-7-9-3-2-4-19-9;14-12-5-10(15-6-8-2-1-3-18-8)13-11(16-12)4-9(7-17)19-13;1-8-7-18-13-10(5-11(14)16-12(8)13)15-6-9-3-2-4-17-9;13-11-6-10(12-9(15-11)3-5-17-12)14-7-8-2-1-4-16-8/h3-6,9,19H,7H2,1-2H3,(H,17,18);2-6,8,18H,7H2,1H3,(H,16,17);1-5,17H,6-7H2,(H,15,16);2-5,7H,6H2,1H3,(H,15,16);1-6H,7H2,(H,14,15). The van der Waals surface area contributed by atoms with Crippen molar-refractivity contribution in [2.75, 3.05) is 26.6 Å². The normalized spacial score (nSPS) is 11.7. The van der Waals surface area contributed by atoms with Crippen LogP contribution in [0.4, 0.5) is 28.4 Å². The molecule has 490 valence electrons. The zero-order valence-electron chi connectivity index (χ0n) is 50.9. The molecule has 0 radical (unpaired) electrons. The molecular weight excluding hydrogens is 1410 g/mol. The van der Waals surface area contributed by atoms with Crippen LogP contribution >= 0.6 is 115 Å². The molecule has 2 atom stereocenters. The van der Waals surface area contributed by atoms with E-state index >= 15 is 0 Å². The lowest BCUT2D eigenvalue weighted by Crippen LogP contribution is -1.98. The highest BCUT2D eigenvalue weighted by Gasteiger charge is 2.19. The molecule has 0 aliphatic rings. The summed E-state index contributed by atoms with van der Waals surface area (Å²) in [6.07, 6.45) is 7.24. The average molecular weight is 1470 g/mol. The molecule has 15 aromatic rings. The zero-order valence-corrected chi connectivity index (χ0v) is 58.7. The summed E-state index contributed by atoms with van der Waals surface area (Å²) in [5.74, 6) is 4.32. The predicted octanol–water partition coefficient (Wildman–Crippen LogP) is 21.0. The van der Waals surface area contributed by atoms with Crippen LogP contribution in [0.15, 0.2) is 173 Å². The Hall–Kier alpha value is -7.72. The SMILES string of the molecule is CC(O)c1cc2nc(Cl)cc(NCc3ccco3)c2s1.Cc1c(C(C)O)sc2c(NCc3ccco3)cc(Cl)nc12.Cc1csc2c(NCc3ccco3)cc(Cl)nc12.Clc1cc(NCc2ccco2)c2sccc2n1.OCc1cc2nc(Cl)cc(NCc3ccco3)c2s1. The number of thiophene rings is 5. The van der Waals surface area contributed by atoms with E-state index in [1.54, 1.807) is 97.4 Å². The second kappa shape index (κ2) is 32.3. The Morgan fingerprint density at radius 1 is 0.432 bits per heavy atom. The number of furan rings is 5. The van der Waals surface area contributed by atoms with Crippen molar-refractivity contribution in [1.29, 1.82) is 0 Å². The molecule has 2 unspecified atom stereocenters. The van der Waals surface area contributed by atoms with Gasteiger partial charge in [-0.3, -0.25) is 0 Å². The van der Waals surface area contributed by atoms with Crippen LogP contribution in [0.2, 0.25) is 25.8 Å². The highest BCUT2D eigenvalue weighted by molar-refractivity contribution is 7.20. The number of aryl methyl sites for hydroxylation is 2. The molecule has 18 nitrogen and oxygen atoms in total. The van der Waals surface area contributed by atoms with E-state index < -0.39 is 12.2 Å². The predicted molar refractivity (Wildman–Crippen MR) is 390 cm³/mol. The fourth-order valence-electron chi connectivity index (χ4n) is 9.54. The number of aromatic nitrogens is 5. The molecule has 0 spiro atoms. The topological polar surface area (TPSA) is 251 Å². The number of hydrogen-bond donors (Lipinski definition) is 8. The molecule has 0 bridgehead atoms. The van der Waals surface area contributed by atoms with Crippen LogP contribution in [0.3, 0.4) is 0 Å². The molecule has 8 N–H and O–H groups in total. The van der Waals surface area contributed by atoms with Gasteiger partial charge in [-0.25, -0.2) is 24.9 Å². The van der Waals surface area contributed by atoms with Gasteiger partial charge >= 0.3 is 0 Å². The van der Waals surface area contributed by atoms with Crippen molar-refractivity contribution in [2.24, 2.45) is 0 Å². The maximum absolute atomic E-state index is 9.86. The molecule has 0 aliphatic carbocycles. The van der Waals surface area contributed by atoms with E-state index in [2.05, 4.69) is 56.9 Å². The largest absolute Gasteiger partial charge is 0.467 e. The van der Waals surface area contributed by atoms with Crippen molar-refractivity contribution < 1.29 is 37.4 Å². The molecule has 28 heteroatoms. The van der Waals surface area contributed by atoms with Gasteiger partial charge in [-0.1, -0.05) is 58.0 Å². The number of anilines is 5. The summed E-state index contributed by atoms with van der Waals surface area (Å²) in [5.41, 5.74) is 11.1. The van der Waals surface area contributed by atoms with Crippen molar-refractivity contribution in [3.05, 3.63) is 232 Å². The summed E-state index contributed by atoms with van der Waals surface area (Å²) in [7, 11) is 0. The Morgan fingerprint density at radius 2 is 0.832 bits per heavy atom. The summed E-state index contributed by atoms with van der Waals surface area (Å²) in [6.45, 7) is 10.5. The highest BCUT2D eigenvalue weighted by Crippen LogP contribution is 2.41. The molecule has 0 amide bonds. The Morgan fingerprint density at radius 3 is 1.26 bits per heavy atom. The molecule has 0 saturated heterocycles. The summed E-state index contributed by atoms with van der Waals surface area (Å²) in [4.78, 5) is 24.2. The van der Waals surface area contributed by atoms with Crippen LogP contribution in [0.25, 0.3) is 51.1 Å². The Bertz CT molecular complexity index is 4920. The van der Waals surface area contributed by atoms with Gasteiger partial charge in [-0.2, -0.15) is 0 Å². The Labute approximate surface area is 589 Å². The summed E-state index contributed by atoms with van der Waals surface area (Å²) in [6, 6.07) is 33.6. The second-order valence-electron chi connectivity index (χ2n) is 20.9. The van der Waals surface area contributed by atoms with Gasteiger partial charge in [0.15, 0.2) is 0 Å². The smallest absolute Gasteiger partial charge is 0.131 e. The molecule has 95 heavy (non-hydrogen) atoms. The lowest BCUT2D eigenvalue weighted by molar-refractivity contribution is 0.202. The quantitative estimate of drug-likeness (QED) is 0.0372. The van der Waals surface area contributed by atoms with E-state index in [0.717, 1.165) is 134 Å². The molecule has 15 rings (SSSR count). The highest BCUT2D eigenvalue weighted by atomic mass is 35.5. The maximum atomic E-state index is 9.86. The van der Waals surface area contributed by atoms with E-state index in [1.165, 1.54) is 22.7 Å². The van der Waals surface area contributed by atoms with Gasteiger partial charge in [0.1, 0.15) is 54.6 Å². The van der Waals surface area contributed by atoms with Gasteiger partial charge in [0.05, 0.1) is 162 Å². The van der Waals surface area contributed by atoms with E-state index in [-0.39, 0.29) is 6.61 Å². The van der Waals surface area contributed by atoms with Gasteiger partial charge in [0.2, 0.25) is 0 Å². The first-order chi connectivity index (χ1) is 46.0. The van der Waals surface area contributed by atoms with Crippen molar-refractivity contribution in [3.8, 4) is 0 Å². The number of rotatable bonds is 18. The molecule has 0 saturated carbocycles. The zero-order chi connectivity index (χ0) is 66.5. The first-order valence-electron chi connectivity index (χ1n) is 29.2. The van der Waals surface area contributed by atoms with E-state index in [9.17, 15) is 15.3 Å². The van der Waals surface area contributed by atoms with Crippen LogP contribution in [0.1, 0.15) is 80.6 Å². The van der Waals surface area contributed by atoms with Gasteiger partial charge in [-0.15, -0.1) is 56.7 Å². The number of nitrogens with zero attached hydrogens (tertiary/aromatic N) is 5. The lowest BCUT2D eigenvalue weighted by atomic mass is 10.2. The molecule has 0 aromatic carbocycles. The van der Waals surface area contributed by atoms with Crippen molar-refractivity contribution in [1.82, 2.24) is 24.9 Å². The van der Waals surface area contributed by atoms with Crippen LogP contribution in [-0.2, 0) is 39.3 Å². The van der Waals surface area contributed by atoms with Crippen molar-refractivity contribution >= 4 is 194 Å². The van der Waals surface area contributed by atoms with Crippen molar-refractivity contribution in [3.63, 3.8) is 0 Å². The Balaban J connectivity index is 0.000000121. The third-order valence-corrected chi connectivity index (χ3v) is 21.0. The minimum Gasteiger partial charge on any atom is -0.467 e. The average Bonchev–Trinajstić information content (AvgIpc) is 1.68. The van der Waals surface area contributed by atoms with Gasteiger partial charge in [0, 0.05) is 45.0 Å². The van der Waals surface area contributed by atoms with E-state index in [4.69, 9.17) is 80.1 Å². The number of aliphatic hydroxyl groups is 3. The van der Waals surface area contributed by atoms with Gasteiger partial charge in [0.25, 0.3) is 0 Å². The fourth-order valence-corrected chi connectivity index (χ4v) is 15.5. The van der Waals surface area contributed by atoms with Gasteiger partial charge < -0.3 is 64.0 Å². The number of halogens is 5. The first-order valence-corrected chi connectivity index (χ1v) is 35.3. The number of pyridine rings is 5. The first kappa shape index (κ1) is 68.7. The number of hydrogen-bond acceptors (Lipinski definition) is 23. The fraction of sp³-hybridized carbons (Fsp3) is 0.179. The lowest BCUT2D eigenvalue weighted by Gasteiger charge is -2.06. The van der Waals surface area contributed by atoms with Crippen molar-refractivity contribution in [2.45, 2.75) is 79.2 Å². The molecule has 0 fully saturated rings. The third-order valence-electron chi connectivity index (χ3n) is 14.0. The van der Waals surface area contributed by atoms with Crippen LogP contribution in [0, 0.1) is 13.8 Å². The van der Waals surface area contributed by atoms with Gasteiger partial charge in [-0.05, 0) is 128 Å². The number of fused-ring (bicyclic) bond motifs is 5. The monoisotopic (exact) mass is 1470 g/mol. The minimum atomic E-state index is -0.513. The minimum absolute atomic E-state index is 0.0102. The summed E-state index contributed by atoms with van der Waals surface area (Å²) in [5, 5.41) is 51.7. The molecular formula is C67H59Cl5N10O8S5. The van der Waals surface area contributed by atoms with Crippen LogP contribution in [-0.4, -0.2) is 40.2 Å². The van der Waals surface area contributed by atoms with Crippen LogP contribution in [0.5, 0.6) is 0 Å². The Kier molecular flexibility index (Phi) is 23.4. The van der Waals surface area contributed by atoms with E-state index in [1.807, 2.05) is 110 Å². The molecule has 0 aliphatic heterocycles. The number of aliphatic hydroxyl groups excluding tert-OH is 3. The second-order valence-corrected chi connectivity index (χ2v) is 27.9. The van der Waals surface area contributed by atoms with Crippen LogP contribution < -0.4 is 26.6 Å². The third kappa shape index (κ3) is 17.9. The number of nitrogens with one attached hydrogen (secondary N) is 5. The summed E-state index contributed by atoms with van der Waals surface area (Å²) < 4.78 is 31.7. The molecule has 15 aromatic heterocycles. The summed E-state index contributed by atoms with van der Waals surface area (Å²) >= 11 is 38.1. The maximum Gasteiger partial charge on any atom is 0.131 e. The van der Waals surface area contributed by atoms with E-state index in [0.29, 0.717) is 58.5 Å². The molecule has 15 heterocycles.